The third-order valence-electron chi connectivity index (χ3n) is 6.00. The van der Waals surface area contributed by atoms with E-state index in [1.54, 1.807) is 24.3 Å². The van der Waals surface area contributed by atoms with Gasteiger partial charge in [0.05, 0.1) is 44.9 Å². The number of carbonyl (C=O) groups is 2. The fourth-order valence-electron chi connectivity index (χ4n) is 3.76. The van der Waals surface area contributed by atoms with E-state index >= 15 is 0 Å². The van der Waals surface area contributed by atoms with Gasteiger partial charge in [0.2, 0.25) is 11.9 Å². The lowest BCUT2D eigenvalue weighted by Crippen LogP contribution is -2.28. The van der Waals surface area contributed by atoms with Crippen LogP contribution in [-0.2, 0) is 25.5 Å². The number of aromatic amines is 1. The van der Waals surface area contributed by atoms with Crippen LogP contribution in [0.3, 0.4) is 0 Å². The van der Waals surface area contributed by atoms with Crippen molar-refractivity contribution in [2.45, 2.75) is 32.2 Å². The number of ether oxygens (including phenoxy) is 3. The molecule has 1 aromatic carbocycles. The van der Waals surface area contributed by atoms with Crippen molar-refractivity contribution in [2.24, 2.45) is 5.73 Å². The fourth-order valence-corrected chi connectivity index (χ4v) is 3.76. The Morgan fingerprint density at radius 3 is 2.26 bits per heavy atom. The zero-order valence-corrected chi connectivity index (χ0v) is 24.2. The lowest BCUT2D eigenvalue weighted by Gasteiger charge is -2.09. The summed E-state index contributed by atoms with van der Waals surface area (Å²) in [4.78, 5) is 51.2. The van der Waals surface area contributed by atoms with E-state index in [1.165, 1.54) is 6.20 Å². The molecule has 8 N–H and O–H groups in total. The Balaban J connectivity index is 1.21. The van der Waals surface area contributed by atoms with Crippen LogP contribution in [0.25, 0.3) is 11.2 Å². The molecule has 0 atom stereocenters. The molecule has 0 unspecified atom stereocenters. The minimum Gasteiger partial charge on any atom is -0.379 e. The number of amides is 2. The van der Waals surface area contributed by atoms with Crippen molar-refractivity contribution in [3.63, 3.8) is 0 Å². The first kappa shape index (κ1) is 33.3. The SMILES string of the molecule is NCCCOCCOCCOCCCNC(=O)CCCNC(=O)c1ccc(NCc2cnc3nc(N)[nH]c(=O)c3n2)cc1. The number of nitrogens with zero attached hydrogens (tertiary/aromatic N) is 3. The van der Waals surface area contributed by atoms with E-state index in [4.69, 9.17) is 25.7 Å². The molecule has 3 rings (SSSR count). The second-order valence-corrected chi connectivity index (χ2v) is 9.46. The van der Waals surface area contributed by atoms with Gasteiger partial charge in [-0.15, -0.1) is 0 Å². The third kappa shape index (κ3) is 12.7. The summed E-state index contributed by atoms with van der Waals surface area (Å²) in [6.07, 6.45) is 3.91. The van der Waals surface area contributed by atoms with Crippen LogP contribution >= 0.6 is 0 Å². The van der Waals surface area contributed by atoms with Crippen LogP contribution in [-0.4, -0.2) is 91.0 Å². The summed E-state index contributed by atoms with van der Waals surface area (Å²) in [5.41, 5.74) is 12.5. The van der Waals surface area contributed by atoms with Crippen molar-refractivity contribution in [1.82, 2.24) is 30.6 Å². The van der Waals surface area contributed by atoms with Crippen LogP contribution in [0, 0.1) is 0 Å². The molecule has 15 heteroatoms. The number of nitrogen functional groups attached to an aromatic ring is 1. The fraction of sp³-hybridized carbons (Fsp3) is 0.500. The van der Waals surface area contributed by atoms with Gasteiger partial charge in [-0.1, -0.05) is 0 Å². The standard InChI is InChI=1S/C28H41N9O6/c29-9-2-12-41-14-16-43-17-15-42-13-3-11-31-23(38)4-1-10-32-26(39)20-5-7-21(8-6-20)33-18-22-19-34-25-24(35-22)27(40)37-28(30)36-25/h5-8,19,33H,1-4,9-18,29H2,(H,31,38)(H,32,39)(H3,30,34,36,37,40). The van der Waals surface area contributed by atoms with Gasteiger partial charge in [-0.25, -0.2) is 9.97 Å². The number of fused-ring (bicyclic) bond motifs is 1. The molecule has 234 valence electrons. The van der Waals surface area contributed by atoms with Gasteiger partial charge in [-0.2, -0.15) is 4.98 Å². The lowest BCUT2D eigenvalue weighted by molar-refractivity contribution is -0.121. The van der Waals surface area contributed by atoms with E-state index in [1.807, 2.05) is 0 Å². The highest BCUT2D eigenvalue weighted by Gasteiger charge is 2.08. The van der Waals surface area contributed by atoms with E-state index in [0.717, 1.165) is 12.1 Å². The zero-order valence-electron chi connectivity index (χ0n) is 24.2. The number of aromatic nitrogens is 4. The highest BCUT2D eigenvalue weighted by Crippen LogP contribution is 2.11. The van der Waals surface area contributed by atoms with Gasteiger partial charge in [-0.05, 0) is 50.1 Å². The normalized spacial score (nSPS) is 11.0. The van der Waals surface area contributed by atoms with E-state index in [9.17, 15) is 14.4 Å². The molecule has 0 spiro atoms. The van der Waals surface area contributed by atoms with E-state index in [2.05, 4.69) is 35.9 Å². The maximum Gasteiger partial charge on any atom is 0.280 e. The van der Waals surface area contributed by atoms with Crippen molar-refractivity contribution >= 4 is 34.6 Å². The van der Waals surface area contributed by atoms with E-state index in [-0.39, 0.29) is 28.9 Å². The molecule has 0 radical (unpaired) electrons. The molecule has 15 nitrogen and oxygen atoms in total. The molecule has 43 heavy (non-hydrogen) atoms. The van der Waals surface area contributed by atoms with Crippen LogP contribution in [0.4, 0.5) is 11.6 Å². The number of benzene rings is 1. The number of H-pyrrole nitrogens is 1. The molecule has 0 fully saturated rings. The monoisotopic (exact) mass is 599 g/mol. The van der Waals surface area contributed by atoms with Gasteiger partial charge < -0.3 is 41.6 Å². The second kappa shape index (κ2) is 19.1. The summed E-state index contributed by atoms with van der Waals surface area (Å²) in [5.74, 6) is -0.307. The summed E-state index contributed by atoms with van der Waals surface area (Å²) in [6, 6.07) is 6.93. The van der Waals surface area contributed by atoms with Crippen LogP contribution in [0.1, 0.15) is 41.7 Å². The number of anilines is 2. The molecule has 0 aliphatic heterocycles. The van der Waals surface area contributed by atoms with Gasteiger partial charge in [0.25, 0.3) is 11.5 Å². The second-order valence-electron chi connectivity index (χ2n) is 9.46. The quantitative estimate of drug-likeness (QED) is 0.0912. The largest absolute Gasteiger partial charge is 0.379 e. The first-order valence-corrected chi connectivity index (χ1v) is 14.3. The van der Waals surface area contributed by atoms with E-state index < -0.39 is 5.56 Å². The Morgan fingerprint density at radius 1 is 0.860 bits per heavy atom. The van der Waals surface area contributed by atoms with Gasteiger partial charge in [0, 0.05) is 44.0 Å². The Hall–Kier alpha value is -4.18. The number of hydrogen-bond acceptors (Lipinski definition) is 12. The van der Waals surface area contributed by atoms with Gasteiger partial charge >= 0.3 is 0 Å². The molecule has 0 aliphatic carbocycles. The molecule has 0 aliphatic rings. The molecule has 2 aromatic heterocycles. The zero-order chi connectivity index (χ0) is 30.7. The van der Waals surface area contributed by atoms with Crippen LogP contribution in [0.2, 0.25) is 0 Å². The first-order chi connectivity index (χ1) is 21.0. The number of nitrogens with two attached hydrogens (primary N) is 2. The van der Waals surface area contributed by atoms with Crippen molar-refractivity contribution in [1.29, 1.82) is 0 Å². The summed E-state index contributed by atoms with van der Waals surface area (Å²) in [7, 11) is 0. The number of nitrogens with one attached hydrogen (secondary N) is 4. The molecular formula is C28H41N9O6. The van der Waals surface area contributed by atoms with Crippen molar-refractivity contribution in [3.05, 3.63) is 52.1 Å². The maximum atomic E-state index is 12.4. The van der Waals surface area contributed by atoms with E-state index in [0.29, 0.717) is 96.3 Å². The average Bonchev–Trinajstić information content (AvgIpc) is 3.00. The van der Waals surface area contributed by atoms with Crippen molar-refractivity contribution in [2.75, 3.05) is 70.3 Å². The Kier molecular flexibility index (Phi) is 14.8. The minimum absolute atomic E-state index is 0.0179. The molecule has 3 aromatic rings. The molecular weight excluding hydrogens is 558 g/mol. The summed E-state index contributed by atoms with van der Waals surface area (Å²) >= 11 is 0. The average molecular weight is 600 g/mol. The Bertz CT molecular complexity index is 1340. The summed E-state index contributed by atoms with van der Waals surface area (Å²) in [6.45, 7) is 5.11. The highest BCUT2D eigenvalue weighted by atomic mass is 16.5. The predicted octanol–water partition coefficient (Wildman–Crippen LogP) is 0.322. The van der Waals surface area contributed by atoms with Gasteiger partial charge in [-0.3, -0.25) is 19.4 Å². The van der Waals surface area contributed by atoms with Crippen molar-refractivity contribution < 1.29 is 23.8 Å². The third-order valence-corrected chi connectivity index (χ3v) is 6.00. The van der Waals surface area contributed by atoms with Crippen LogP contribution in [0.15, 0.2) is 35.3 Å². The lowest BCUT2D eigenvalue weighted by atomic mass is 10.2. The number of carbonyl (C=O) groups excluding carboxylic acids is 2. The van der Waals surface area contributed by atoms with Crippen LogP contribution in [0.5, 0.6) is 0 Å². The molecule has 0 bridgehead atoms. The Labute approximate surface area is 249 Å². The van der Waals surface area contributed by atoms with Crippen molar-refractivity contribution in [3.8, 4) is 0 Å². The molecule has 2 amide bonds. The smallest absolute Gasteiger partial charge is 0.280 e. The maximum absolute atomic E-state index is 12.4. The van der Waals surface area contributed by atoms with Crippen LogP contribution < -0.4 is 33.0 Å². The van der Waals surface area contributed by atoms with Gasteiger partial charge in [0.1, 0.15) is 0 Å². The minimum atomic E-state index is -0.455. The molecule has 2 heterocycles. The number of rotatable bonds is 21. The summed E-state index contributed by atoms with van der Waals surface area (Å²) < 4.78 is 16.2. The molecule has 0 saturated heterocycles. The number of hydrogen-bond donors (Lipinski definition) is 6. The topological polar surface area (TPSA) is 221 Å². The van der Waals surface area contributed by atoms with Gasteiger partial charge in [0.15, 0.2) is 11.2 Å². The highest BCUT2D eigenvalue weighted by molar-refractivity contribution is 5.94. The predicted molar refractivity (Wildman–Crippen MR) is 161 cm³/mol. The summed E-state index contributed by atoms with van der Waals surface area (Å²) in [5, 5.41) is 8.85. The first-order valence-electron chi connectivity index (χ1n) is 14.3. The molecule has 0 saturated carbocycles. The Morgan fingerprint density at radius 2 is 1.53 bits per heavy atom.